The van der Waals surface area contributed by atoms with Crippen LogP contribution in [-0.2, 0) is 6.54 Å². The first-order valence-corrected chi connectivity index (χ1v) is 5.93. The largest absolute Gasteiger partial charge is 0.467 e. The molecule has 0 bridgehead atoms. The van der Waals surface area contributed by atoms with Gasteiger partial charge in [0.05, 0.1) is 18.5 Å². The van der Waals surface area contributed by atoms with Crippen LogP contribution < -0.4 is 5.32 Å². The van der Waals surface area contributed by atoms with Crippen molar-refractivity contribution < 1.29 is 4.42 Å². The van der Waals surface area contributed by atoms with E-state index in [4.69, 9.17) is 4.42 Å². The van der Waals surface area contributed by atoms with Crippen LogP contribution in [0.1, 0.15) is 11.3 Å². The van der Waals surface area contributed by atoms with Crippen LogP contribution in [0.4, 0.5) is 5.69 Å². The van der Waals surface area contributed by atoms with Gasteiger partial charge in [-0.3, -0.25) is 0 Å². The molecule has 0 aliphatic heterocycles. The van der Waals surface area contributed by atoms with Gasteiger partial charge in [-0.05, 0) is 53.2 Å². The first kappa shape index (κ1) is 11.5. The number of nitrogens with zero attached hydrogens (tertiary/aromatic N) is 4. The molecule has 0 aliphatic carbocycles. The summed E-state index contributed by atoms with van der Waals surface area (Å²) >= 11 is 0. The van der Waals surface area contributed by atoms with Gasteiger partial charge in [0.1, 0.15) is 12.1 Å². The van der Waals surface area contributed by atoms with Crippen molar-refractivity contribution in [1.82, 2.24) is 20.2 Å². The molecule has 1 N–H and O–H groups in total. The van der Waals surface area contributed by atoms with Gasteiger partial charge in [0.15, 0.2) is 0 Å². The second-order valence-corrected chi connectivity index (χ2v) is 4.18. The molecule has 1 aromatic carbocycles. The summed E-state index contributed by atoms with van der Waals surface area (Å²) < 4.78 is 6.99. The normalized spacial score (nSPS) is 10.6. The highest BCUT2D eigenvalue weighted by molar-refractivity contribution is 5.48. The predicted molar refractivity (Wildman–Crippen MR) is 69.9 cm³/mol. The summed E-state index contributed by atoms with van der Waals surface area (Å²) in [6.07, 6.45) is 3.27. The van der Waals surface area contributed by atoms with Crippen molar-refractivity contribution in [2.75, 3.05) is 5.32 Å². The summed E-state index contributed by atoms with van der Waals surface area (Å²) in [4.78, 5) is 0. The predicted octanol–water partition coefficient (Wildman–Crippen LogP) is 2.18. The van der Waals surface area contributed by atoms with Crippen molar-refractivity contribution in [2.45, 2.75) is 13.5 Å². The Morgan fingerprint density at radius 1 is 1.21 bits per heavy atom. The molecule has 0 radical (unpaired) electrons. The van der Waals surface area contributed by atoms with E-state index < -0.39 is 0 Å². The summed E-state index contributed by atoms with van der Waals surface area (Å²) in [6.45, 7) is 2.70. The Morgan fingerprint density at radius 3 is 2.68 bits per heavy atom. The molecule has 0 spiro atoms. The van der Waals surface area contributed by atoms with E-state index in [9.17, 15) is 0 Å². The lowest BCUT2D eigenvalue weighted by atomic mass is 10.2. The third-order valence-corrected chi connectivity index (χ3v) is 2.90. The monoisotopic (exact) mass is 255 g/mol. The van der Waals surface area contributed by atoms with Crippen molar-refractivity contribution in [3.63, 3.8) is 0 Å². The lowest BCUT2D eigenvalue weighted by Gasteiger charge is -2.06. The van der Waals surface area contributed by atoms with Crippen LogP contribution in [0.5, 0.6) is 0 Å². The highest BCUT2D eigenvalue weighted by Crippen LogP contribution is 2.15. The Labute approximate surface area is 110 Å². The first-order valence-electron chi connectivity index (χ1n) is 5.93. The van der Waals surface area contributed by atoms with Crippen molar-refractivity contribution in [1.29, 1.82) is 0 Å². The van der Waals surface area contributed by atoms with Crippen LogP contribution in [0.25, 0.3) is 5.69 Å². The first-order chi connectivity index (χ1) is 9.33. The topological polar surface area (TPSA) is 68.8 Å². The maximum absolute atomic E-state index is 5.38. The number of tetrazole rings is 1. The Balaban J connectivity index is 1.68. The van der Waals surface area contributed by atoms with E-state index in [1.165, 1.54) is 0 Å². The molecule has 0 saturated carbocycles. The summed E-state index contributed by atoms with van der Waals surface area (Å²) in [7, 11) is 0. The lowest BCUT2D eigenvalue weighted by Crippen LogP contribution is -2.00. The summed E-state index contributed by atoms with van der Waals surface area (Å²) in [5, 5.41) is 14.4. The van der Waals surface area contributed by atoms with Crippen LogP contribution in [0.3, 0.4) is 0 Å². The molecular formula is C13H13N5O. The number of aryl methyl sites for hydroxylation is 1. The SMILES string of the molecule is Cc1ccoc1CNc1ccc(-n2cnnn2)cc1. The smallest absolute Gasteiger partial charge is 0.143 e. The van der Waals surface area contributed by atoms with E-state index in [2.05, 4.69) is 20.8 Å². The average molecular weight is 255 g/mol. The van der Waals surface area contributed by atoms with E-state index in [1.807, 2.05) is 37.3 Å². The van der Waals surface area contributed by atoms with Crippen LogP contribution >= 0.6 is 0 Å². The molecule has 0 atom stereocenters. The molecule has 2 heterocycles. The van der Waals surface area contributed by atoms with Crippen LogP contribution in [0.15, 0.2) is 47.3 Å². The molecule has 19 heavy (non-hydrogen) atoms. The molecule has 3 rings (SSSR count). The zero-order valence-corrected chi connectivity index (χ0v) is 10.4. The Bertz CT molecular complexity index is 642. The Hall–Kier alpha value is -2.63. The number of nitrogens with one attached hydrogen (secondary N) is 1. The molecule has 3 aromatic rings. The molecule has 6 heteroatoms. The minimum absolute atomic E-state index is 0.670. The molecule has 2 aromatic heterocycles. The minimum atomic E-state index is 0.670. The Morgan fingerprint density at radius 2 is 2.05 bits per heavy atom. The van der Waals surface area contributed by atoms with E-state index >= 15 is 0 Å². The minimum Gasteiger partial charge on any atom is -0.467 e. The highest BCUT2D eigenvalue weighted by Gasteiger charge is 2.02. The zero-order chi connectivity index (χ0) is 13.1. The molecular weight excluding hydrogens is 242 g/mol. The number of aromatic nitrogens is 4. The lowest BCUT2D eigenvalue weighted by molar-refractivity contribution is 0.515. The van der Waals surface area contributed by atoms with Gasteiger partial charge >= 0.3 is 0 Å². The summed E-state index contributed by atoms with van der Waals surface area (Å²) in [6, 6.07) is 9.82. The number of hydrogen-bond acceptors (Lipinski definition) is 5. The van der Waals surface area contributed by atoms with E-state index in [0.29, 0.717) is 6.54 Å². The maximum atomic E-state index is 5.38. The molecule has 0 unspecified atom stereocenters. The molecule has 6 nitrogen and oxygen atoms in total. The highest BCUT2D eigenvalue weighted by atomic mass is 16.3. The fraction of sp³-hybridized carbons (Fsp3) is 0.154. The number of furan rings is 1. The molecule has 0 fully saturated rings. The Kier molecular flexibility index (Phi) is 2.97. The molecule has 0 saturated heterocycles. The quantitative estimate of drug-likeness (QED) is 0.773. The van der Waals surface area contributed by atoms with Crippen LogP contribution in [0.2, 0.25) is 0 Å². The van der Waals surface area contributed by atoms with Crippen LogP contribution in [0, 0.1) is 6.92 Å². The van der Waals surface area contributed by atoms with Gasteiger partial charge in [0.2, 0.25) is 0 Å². The van der Waals surface area contributed by atoms with Crippen LogP contribution in [-0.4, -0.2) is 20.2 Å². The summed E-state index contributed by atoms with van der Waals surface area (Å²) in [5.74, 6) is 0.949. The fourth-order valence-electron chi connectivity index (χ4n) is 1.78. The van der Waals surface area contributed by atoms with E-state index in [1.54, 1.807) is 17.3 Å². The number of rotatable bonds is 4. The number of anilines is 1. The zero-order valence-electron chi connectivity index (χ0n) is 10.4. The van der Waals surface area contributed by atoms with Crippen molar-refractivity contribution in [3.05, 3.63) is 54.2 Å². The van der Waals surface area contributed by atoms with Gasteiger partial charge < -0.3 is 9.73 Å². The number of benzene rings is 1. The van der Waals surface area contributed by atoms with Gasteiger partial charge in [-0.2, -0.15) is 0 Å². The van der Waals surface area contributed by atoms with E-state index in [0.717, 1.165) is 22.7 Å². The summed E-state index contributed by atoms with van der Waals surface area (Å²) in [5.41, 5.74) is 3.09. The molecule has 0 aliphatic rings. The molecule has 96 valence electrons. The third kappa shape index (κ3) is 2.47. The second-order valence-electron chi connectivity index (χ2n) is 4.18. The van der Waals surface area contributed by atoms with Gasteiger partial charge in [-0.25, -0.2) is 4.68 Å². The van der Waals surface area contributed by atoms with E-state index in [-0.39, 0.29) is 0 Å². The van der Waals surface area contributed by atoms with Gasteiger partial charge in [-0.1, -0.05) is 0 Å². The maximum Gasteiger partial charge on any atom is 0.143 e. The standard InChI is InChI=1S/C13H13N5O/c1-10-6-7-19-13(10)8-14-11-2-4-12(5-3-11)18-9-15-16-17-18/h2-7,9,14H,8H2,1H3. The van der Waals surface area contributed by atoms with Gasteiger partial charge in [0, 0.05) is 5.69 Å². The van der Waals surface area contributed by atoms with Crippen molar-refractivity contribution in [2.24, 2.45) is 0 Å². The fourth-order valence-corrected chi connectivity index (χ4v) is 1.78. The molecule has 0 amide bonds. The third-order valence-electron chi connectivity index (χ3n) is 2.90. The number of hydrogen-bond donors (Lipinski definition) is 1. The van der Waals surface area contributed by atoms with Gasteiger partial charge in [0.25, 0.3) is 0 Å². The second kappa shape index (κ2) is 4.93. The van der Waals surface area contributed by atoms with Gasteiger partial charge in [-0.15, -0.1) is 5.10 Å². The van der Waals surface area contributed by atoms with Crippen molar-refractivity contribution >= 4 is 5.69 Å². The average Bonchev–Trinajstić information content (AvgIpc) is 3.09. The van der Waals surface area contributed by atoms with Crippen molar-refractivity contribution in [3.8, 4) is 5.69 Å².